The third-order valence-electron chi connectivity index (χ3n) is 4.70. The summed E-state index contributed by atoms with van der Waals surface area (Å²) >= 11 is 0.0349. The van der Waals surface area contributed by atoms with Crippen molar-refractivity contribution in [2.24, 2.45) is 17.8 Å². The number of unbranched alkanes of at least 4 members (excludes halogenated alkanes) is 6. The van der Waals surface area contributed by atoms with Gasteiger partial charge < -0.3 is 10.2 Å². The number of aliphatic hydroxyl groups is 2. The molecule has 1 aliphatic carbocycles. The largest absolute Gasteiger partial charge is 0.396 e. The Kier molecular flexibility index (Phi) is 10.8. The first-order chi connectivity index (χ1) is 10.3. The van der Waals surface area contributed by atoms with Gasteiger partial charge in [0.15, 0.2) is 0 Å². The predicted molar refractivity (Wildman–Crippen MR) is 101 cm³/mol. The zero-order valence-corrected chi connectivity index (χ0v) is 15.7. The molecule has 0 aromatic rings. The fourth-order valence-electron chi connectivity index (χ4n) is 3.31. The Labute approximate surface area is 140 Å². The van der Waals surface area contributed by atoms with E-state index in [4.69, 9.17) is 0 Å². The Morgan fingerprint density at radius 2 is 1.71 bits per heavy atom. The van der Waals surface area contributed by atoms with Crippen molar-refractivity contribution in [3.63, 3.8) is 0 Å². The van der Waals surface area contributed by atoms with E-state index in [0.717, 1.165) is 6.42 Å². The molecule has 3 heteroatoms. The lowest BCUT2D eigenvalue weighted by Crippen LogP contribution is -2.24. The molecule has 1 fully saturated rings. The highest BCUT2D eigenvalue weighted by atomic mass is 127. The Balaban J connectivity index is 2.29. The van der Waals surface area contributed by atoms with E-state index in [-0.39, 0.29) is 39.9 Å². The van der Waals surface area contributed by atoms with Crippen LogP contribution in [-0.4, -0.2) is 31.4 Å². The predicted octanol–water partition coefficient (Wildman–Crippen LogP) is 4.30. The molecular formula is C18H33IO2. The molecule has 0 aromatic heterocycles. The van der Waals surface area contributed by atoms with E-state index in [9.17, 15) is 10.2 Å². The zero-order chi connectivity index (χ0) is 15.5. The summed E-state index contributed by atoms with van der Waals surface area (Å²) in [4.78, 5) is 0. The number of rotatable bonds is 11. The van der Waals surface area contributed by atoms with Crippen LogP contribution in [0.3, 0.4) is 0 Å². The number of hydrogen-bond donors (Lipinski definition) is 2. The summed E-state index contributed by atoms with van der Waals surface area (Å²) in [7, 11) is 0. The van der Waals surface area contributed by atoms with Crippen LogP contribution in [0.15, 0.2) is 12.7 Å². The SMILES string of the molecule is C=C[C@@H]1C[C@H](I=CCCCCCCCC)[C@@H](CO)[C@H]1CO. The van der Waals surface area contributed by atoms with Gasteiger partial charge in [0.1, 0.15) is 0 Å². The second kappa shape index (κ2) is 11.8. The number of hydrogen-bond acceptors (Lipinski definition) is 2. The molecule has 0 aromatic carbocycles. The first kappa shape index (κ1) is 19.3. The molecular weight excluding hydrogens is 375 g/mol. The lowest BCUT2D eigenvalue weighted by atomic mass is 9.91. The lowest BCUT2D eigenvalue weighted by molar-refractivity contribution is 0.131. The van der Waals surface area contributed by atoms with Gasteiger partial charge in [-0.3, -0.25) is 0 Å². The Bertz CT molecular complexity index is 304. The van der Waals surface area contributed by atoms with Gasteiger partial charge in [-0.05, 0) is 37.0 Å². The molecule has 0 spiro atoms. The van der Waals surface area contributed by atoms with Gasteiger partial charge >= 0.3 is 0 Å². The van der Waals surface area contributed by atoms with E-state index in [1.54, 1.807) is 0 Å². The summed E-state index contributed by atoms with van der Waals surface area (Å²) in [5.41, 5.74) is 0. The number of alkyl halides is 1. The second-order valence-corrected chi connectivity index (χ2v) is 9.38. The van der Waals surface area contributed by atoms with Crippen LogP contribution in [0, 0.1) is 17.8 Å². The molecule has 21 heavy (non-hydrogen) atoms. The highest BCUT2D eigenvalue weighted by Gasteiger charge is 2.40. The normalized spacial score (nSPS) is 29.7. The van der Waals surface area contributed by atoms with Crippen LogP contribution in [0.2, 0.25) is 0 Å². The number of halogens is 1. The minimum atomic E-state index is 0.0349. The Hall–Kier alpha value is 0.260. The van der Waals surface area contributed by atoms with Gasteiger partial charge in [0.2, 0.25) is 0 Å². The van der Waals surface area contributed by atoms with Crippen LogP contribution in [0.25, 0.3) is 0 Å². The number of aliphatic hydroxyl groups excluding tert-OH is 2. The first-order valence-electron chi connectivity index (χ1n) is 8.56. The van der Waals surface area contributed by atoms with Gasteiger partial charge in [-0.25, -0.2) is 0 Å². The van der Waals surface area contributed by atoms with Crippen LogP contribution in [-0.2, 0) is 0 Å². The van der Waals surface area contributed by atoms with Crippen LogP contribution < -0.4 is 0 Å². The Morgan fingerprint density at radius 1 is 1.05 bits per heavy atom. The van der Waals surface area contributed by atoms with Crippen molar-refractivity contribution in [1.29, 1.82) is 0 Å². The molecule has 2 nitrogen and oxygen atoms in total. The number of allylic oxidation sites excluding steroid dienone is 1. The molecule has 4 atom stereocenters. The molecule has 0 amide bonds. The van der Waals surface area contributed by atoms with Crippen molar-refractivity contribution < 1.29 is 10.2 Å². The summed E-state index contributed by atoms with van der Waals surface area (Å²) in [6.45, 7) is 6.58. The van der Waals surface area contributed by atoms with Crippen LogP contribution in [0.1, 0.15) is 58.3 Å². The third kappa shape index (κ3) is 6.49. The summed E-state index contributed by atoms with van der Waals surface area (Å²) in [5.74, 6) is 0.936. The van der Waals surface area contributed by atoms with Gasteiger partial charge in [-0.15, -0.1) is 27.3 Å². The highest BCUT2D eigenvalue weighted by Crippen LogP contribution is 2.43. The lowest BCUT2D eigenvalue weighted by Gasteiger charge is -2.20. The van der Waals surface area contributed by atoms with Gasteiger partial charge in [-0.1, -0.05) is 49.1 Å². The average Bonchev–Trinajstić information content (AvgIpc) is 2.86. The van der Waals surface area contributed by atoms with Gasteiger partial charge in [-0.2, -0.15) is 0 Å². The van der Waals surface area contributed by atoms with Crippen LogP contribution in [0.5, 0.6) is 0 Å². The van der Waals surface area contributed by atoms with Gasteiger partial charge in [0.05, 0.1) is 0 Å². The maximum atomic E-state index is 9.63. The first-order valence-corrected chi connectivity index (χ1v) is 11.1. The van der Waals surface area contributed by atoms with Crippen molar-refractivity contribution in [3.8, 4) is 0 Å². The quantitative estimate of drug-likeness (QED) is 0.232. The van der Waals surface area contributed by atoms with Crippen molar-refractivity contribution in [2.75, 3.05) is 13.2 Å². The van der Waals surface area contributed by atoms with E-state index in [1.165, 1.54) is 44.9 Å². The third-order valence-corrected chi connectivity index (χ3v) is 8.19. The monoisotopic (exact) mass is 408 g/mol. The zero-order valence-electron chi connectivity index (χ0n) is 13.5. The average molecular weight is 408 g/mol. The second-order valence-electron chi connectivity index (χ2n) is 6.18. The maximum absolute atomic E-state index is 9.63. The summed E-state index contributed by atoms with van der Waals surface area (Å²) in [5, 5.41) is 19.2. The van der Waals surface area contributed by atoms with E-state index < -0.39 is 0 Å². The minimum absolute atomic E-state index is 0.0349. The van der Waals surface area contributed by atoms with Crippen molar-refractivity contribution in [3.05, 3.63) is 12.7 Å². The molecule has 1 saturated carbocycles. The van der Waals surface area contributed by atoms with Crippen molar-refractivity contribution >= 4 is 24.7 Å². The summed E-state index contributed by atoms with van der Waals surface area (Å²) < 4.78 is 3.15. The summed E-state index contributed by atoms with van der Waals surface area (Å²) in [6.07, 6.45) is 12.5. The Morgan fingerprint density at radius 3 is 2.33 bits per heavy atom. The highest BCUT2D eigenvalue weighted by molar-refractivity contribution is 14.2. The topological polar surface area (TPSA) is 40.5 Å². The molecule has 0 unspecified atom stereocenters. The molecule has 0 heterocycles. The standard InChI is InChI=1S/C18H33IO2/c1-3-5-6-7-8-9-10-11-19-18-12-15(4-2)16(13-20)17(18)14-21/h4,11,15-18,20-21H,2-3,5-10,12-14H2,1H3/t15-,16+,17+,18+/m1/s1. The van der Waals surface area contributed by atoms with E-state index in [2.05, 4.69) is 17.5 Å². The van der Waals surface area contributed by atoms with Gasteiger partial charge in [0, 0.05) is 17.1 Å². The fraction of sp³-hybridized carbons (Fsp3) is 0.833. The fourth-order valence-corrected chi connectivity index (χ4v) is 6.94. The van der Waals surface area contributed by atoms with Crippen LogP contribution >= 0.6 is 20.7 Å². The van der Waals surface area contributed by atoms with E-state index >= 15 is 0 Å². The van der Waals surface area contributed by atoms with Crippen molar-refractivity contribution in [2.45, 2.75) is 62.2 Å². The van der Waals surface area contributed by atoms with Crippen LogP contribution in [0.4, 0.5) is 0 Å². The molecule has 0 saturated heterocycles. The molecule has 0 bridgehead atoms. The molecule has 2 N–H and O–H groups in total. The molecule has 0 aliphatic heterocycles. The molecule has 0 radical (unpaired) electrons. The van der Waals surface area contributed by atoms with Gasteiger partial charge in [0.25, 0.3) is 0 Å². The van der Waals surface area contributed by atoms with E-state index in [1.807, 2.05) is 6.08 Å². The molecule has 1 aliphatic rings. The molecule has 124 valence electrons. The minimum Gasteiger partial charge on any atom is -0.396 e. The smallest absolute Gasteiger partial charge is 0.0472 e. The van der Waals surface area contributed by atoms with Crippen molar-refractivity contribution in [1.82, 2.24) is 0 Å². The molecule has 1 rings (SSSR count). The summed E-state index contributed by atoms with van der Waals surface area (Å²) in [6, 6.07) is 0. The van der Waals surface area contributed by atoms with E-state index in [0.29, 0.717) is 15.8 Å². The maximum Gasteiger partial charge on any atom is 0.0472 e.